The van der Waals surface area contributed by atoms with Crippen LogP contribution in [0.25, 0.3) is 11.4 Å². The Kier molecular flexibility index (Phi) is 6.48. The molecule has 0 aliphatic heterocycles. The third-order valence-corrected chi connectivity index (χ3v) is 4.55. The van der Waals surface area contributed by atoms with Crippen molar-refractivity contribution < 1.29 is 9.59 Å². The summed E-state index contributed by atoms with van der Waals surface area (Å²) in [5.41, 5.74) is 1.66. The molecular weight excluding hydrogens is 364 g/mol. The predicted molar refractivity (Wildman–Crippen MR) is 107 cm³/mol. The lowest BCUT2D eigenvalue weighted by Gasteiger charge is -2.23. The summed E-state index contributed by atoms with van der Waals surface area (Å²) in [7, 11) is 1.59. The number of carbonyl (C=O) groups excluding carboxylic acids is 2. The lowest BCUT2D eigenvalue weighted by Crippen LogP contribution is -2.46. The van der Waals surface area contributed by atoms with Gasteiger partial charge < -0.3 is 16.1 Å². The highest BCUT2D eigenvalue weighted by atomic mass is 32.2. The van der Waals surface area contributed by atoms with Gasteiger partial charge in [0.25, 0.3) is 0 Å². The normalized spacial score (nSPS) is 11.3. The molecule has 146 valence electrons. The SMILES string of the molecule is Cc1ccc(-c2nnc(SCC(=O)N(C)CC(=O)NC(C)(C)C)n2N)cc1. The predicted octanol–water partition coefficient (Wildman–Crippen LogP) is 1.43. The van der Waals surface area contributed by atoms with Crippen LogP contribution in [0.3, 0.4) is 0 Å². The summed E-state index contributed by atoms with van der Waals surface area (Å²) in [4.78, 5) is 25.6. The van der Waals surface area contributed by atoms with Gasteiger partial charge in [-0.1, -0.05) is 41.6 Å². The van der Waals surface area contributed by atoms with Crippen LogP contribution in [-0.2, 0) is 9.59 Å². The van der Waals surface area contributed by atoms with Crippen molar-refractivity contribution in [2.75, 3.05) is 25.2 Å². The van der Waals surface area contributed by atoms with E-state index in [1.54, 1.807) is 7.05 Å². The third kappa shape index (κ3) is 5.99. The van der Waals surface area contributed by atoms with E-state index in [1.807, 2.05) is 52.0 Å². The number of nitrogen functional groups attached to an aromatic ring is 1. The molecule has 0 atom stereocenters. The molecule has 0 unspecified atom stereocenters. The number of rotatable bonds is 6. The lowest BCUT2D eigenvalue weighted by atomic mass is 10.1. The third-order valence-electron chi connectivity index (χ3n) is 3.62. The second kappa shape index (κ2) is 8.43. The Morgan fingerprint density at radius 1 is 1.22 bits per heavy atom. The van der Waals surface area contributed by atoms with Crippen molar-refractivity contribution in [1.29, 1.82) is 0 Å². The van der Waals surface area contributed by atoms with E-state index in [4.69, 9.17) is 5.84 Å². The Morgan fingerprint density at radius 3 is 2.44 bits per heavy atom. The van der Waals surface area contributed by atoms with E-state index in [-0.39, 0.29) is 29.7 Å². The first-order valence-electron chi connectivity index (χ1n) is 8.52. The molecule has 0 saturated heterocycles. The molecule has 0 fully saturated rings. The van der Waals surface area contributed by atoms with Crippen molar-refractivity contribution in [3.63, 3.8) is 0 Å². The van der Waals surface area contributed by atoms with Gasteiger partial charge in [0, 0.05) is 18.2 Å². The molecule has 2 amide bonds. The number of nitrogens with two attached hydrogens (primary N) is 1. The summed E-state index contributed by atoms with van der Waals surface area (Å²) in [6, 6.07) is 7.78. The molecule has 0 bridgehead atoms. The summed E-state index contributed by atoms with van der Waals surface area (Å²) >= 11 is 1.18. The number of amides is 2. The Bertz CT molecular complexity index is 810. The lowest BCUT2D eigenvalue weighted by molar-refractivity contribution is -0.133. The fourth-order valence-corrected chi connectivity index (χ4v) is 3.07. The molecule has 0 spiro atoms. The molecule has 2 aromatic rings. The number of carbonyl (C=O) groups is 2. The molecular formula is C18H26N6O2S. The van der Waals surface area contributed by atoms with Crippen LogP contribution in [0.4, 0.5) is 0 Å². The van der Waals surface area contributed by atoms with Gasteiger partial charge in [0.1, 0.15) is 0 Å². The van der Waals surface area contributed by atoms with E-state index >= 15 is 0 Å². The van der Waals surface area contributed by atoms with Crippen LogP contribution in [0.5, 0.6) is 0 Å². The maximum Gasteiger partial charge on any atom is 0.240 e. The van der Waals surface area contributed by atoms with Crippen LogP contribution in [0.2, 0.25) is 0 Å². The van der Waals surface area contributed by atoms with Crippen LogP contribution in [0.15, 0.2) is 29.4 Å². The van der Waals surface area contributed by atoms with Gasteiger partial charge in [0.2, 0.25) is 17.0 Å². The number of hydrogen-bond acceptors (Lipinski definition) is 6. The zero-order valence-electron chi connectivity index (χ0n) is 16.3. The van der Waals surface area contributed by atoms with Crippen LogP contribution in [0.1, 0.15) is 26.3 Å². The maximum atomic E-state index is 12.3. The Labute approximate surface area is 163 Å². The highest BCUT2D eigenvalue weighted by Crippen LogP contribution is 2.22. The average molecular weight is 391 g/mol. The first kappa shape index (κ1) is 20.8. The fourth-order valence-electron chi connectivity index (χ4n) is 2.27. The fraction of sp³-hybridized carbons (Fsp3) is 0.444. The van der Waals surface area contributed by atoms with Gasteiger partial charge in [0.05, 0.1) is 12.3 Å². The number of benzene rings is 1. The van der Waals surface area contributed by atoms with Crippen LogP contribution < -0.4 is 11.2 Å². The van der Waals surface area contributed by atoms with Gasteiger partial charge in [-0.2, -0.15) is 0 Å². The number of thioether (sulfide) groups is 1. The number of aryl methyl sites for hydroxylation is 1. The van der Waals surface area contributed by atoms with E-state index in [0.29, 0.717) is 11.0 Å². The highest BCUT2D eigenvalue weighted by molar-refractivity contribution is 7.99. The van der Waals surface area contributed by atoms with Gasteiger partial charge >= 0.3 is 0 Å². The molecule has 0 aliphatic rings. The summed E-state index contributed by atoms with van der Waals surface area (Å²) in [5, 5.41) is 11.4. The van der Waals surface area contributed by atoms with E-state index in [1.165, 1.54) is 21.3 Å². The maximum absolute atomic E-state index is 12.3. The Hall–Kier alpha value is -2.55. The molecule has 0 radical (unpaired) electrons. The zero-order valence-corrected chi connectivity index (χ0v) is 17.1. The zero-order chi connectivity index (χ0) is 20.2. The van der Waals surface area contributed by atoms with Crippen molar-refractivity contribution in [2.45, 2.75) is 38.4 Å². The summed E-state index contributed by atoms with van der Waals surface area (Å²) in [6.45, 7) is 7.68. The monoisotopic (exact) mass is 390 g/mol. The second-order valence-corrected chi connectivity index (χ2v) is 8.32. The van der Waals surface area contributed by atoms with Crippen LogP contribution in [-0.4, -0.2) is 56.5 Å². The van der Waals surface area contributed by atoms with Gasteiger partial charge in [0.15, 0.2) is 5.82 Å². The largest absolute Gasteiger partial charge is 0.350 e. The molecule has 1 heterocycles. The van der Waals surface area contributed by atoms with Gasteiger partial charge in [-0.25, -0.2) is 4.68 Å². The molecule has 9 heteroatoms. The molecule has 3 N–H and O–H groups in total. The summed E-state index contributed by atoms with van der Waals surface area (Å²) in [5.74, 6) is 6.32. The van der Waals surface area contributed by atoms with E-state index in [9.17, 15) is 9.59 Å². The molecule has 0 aliphatic carbocycles. The first-order valence-corrected chi connectivity index (χ1v) is 9.50. The molecule has 0 saturated carbocycles. The summed E-state index contributed by atoms with van der Waals surface area (Å²) < 4.78 is 1.37. The minimum Gasteiger partial charge on any atom is -0.350 e. The first-order chi connectivity index (χ1) is 12.6. The number of aromatic nitrogens is 3. The molecule has 27 heavy (non-hydrogen) atoms. The number of nitrogens with one attached hydrogen (secondary N) is 1. The van der Waals surface area contributed by atoms with Crippen molar-refractivity contribution in [3.05, 3.63) is 29.8 Å². The quantitative estimate of drug-likeness (QED) is 0.571. The number of nitrogens with zero attached hydrogens (tertiary/aromatic N) is 4. The number of hydrogen-bond donors (Lipinski definition) is 2. The minimum atomic E-state index is -0.335. The second-order valence-electron chi connectivity index (χ2n) is 7.38. The van der Waals surface area contributed by atoms with Crippen LogP contribution in [0, 0.1) is 6.92 Å². The van der Waals surface area contributed by atoms with Crippen molar-refractivity contribution in [2.24, 2.45) is 0 Å². The molecule has 2 rings (SSSR count). The van der Waals surface area contributed by atoms with Crippen molar-refractivity contribution in [1.82, 2.24) is 25.1 Å². The van der Waals surface area contributed by atoms with E-state index < -0.39 is 0 Å². The van der Waals surface area contributed by atoms with Crippen molar-refractivity contribution in [3.8, 4) is 11.4 Å². The van der Waals surface area contributed by atoms with Gasteiger partial charge in [-0.3, -0.25) is 9.59 Å². The Morgan fingerprint density at radius 2 is 1.85 bits per heavy atom. The molecule has 8 nitrogen and oxygen atoms in total. The number of likely N-dealkylation sites (N-methyl/N-ethyl adjacent to an activating group) is 1. The van der Waals surface area contributed by atoms with E-state index in [0.717, 1.165) is 11.1 Å². The highest BCUT2D eigenvalue weighted by Gasteiger charge is 2.19. The van der Waals surface area contributed by atoms with Crippen LogP contribution >= 0.6 is 11.8 Å². The topological polar surface area (TPSA) is 106 Å². The Balaban J connectivity index is 1.93. The molecule has 1 aromatic carbocycles. The summed E-state index contributed by atoms with van der Waals surface area (Å²) in [6.07, 6.45) is 0. The smallest absolute Gasteiger partial charge is 0.240 e. The van der Waals surface area contributed by atoms with E-state index in [2.05, 4.69) is 15.5 Å². The van der Waals surface area contributed by atoms with Gasteiger partial charge in [-0.05, 0) is 27.7 Å². The standard InChI is InChI=1S/C18H26N6O2S/c1-12-6-8-13(9-7-12)16-21-22-17(24(16)19)27-11-15(26)23(5)10-14(25)20-18(2,3)4/h6-9H,10-11,19H2,1-5H3,(H,20,25). The van der Waals surface area contributed by atoms with Gasteiger partial charge in [-0.15, -0.1) is 10.2 Å². The molecule has 1 aromatic heterocycles. The average Bonchev–Trinajstić information content (AvgIpc) is 2.92. The van der Waals surface area contributed by atoms with Crippen molar-refractivity contribution >= 4 is 23.6 Å². The minimum absolute atomic E-state index is 0.000591.